The van der Waals surface area contributed by atoms with Crippen LogP contribution in [0.1, 0.15) is 41.3 Å². The number of halogens is 1. The van der Waals surface area contributed by atoms with Crippen molar-refractivity contribution in [3.8, 4) is 0 Å². The van der Waals surface area contributed by atoms with E-state index >= 15 is 0 Å². The molecule has 3 aromatic carbocycles. The Hall–Kier alpha value is -3.62. The Balaban J connectivity index is 1.37. The van der Waals surface area contributed by atoms with E-state index < -0.39 is 11.0 Å². The molecular formula is C28H27FN4O2S. The molecule has 2 unspecified atom stereocenters. The van der Waals surface area contributed by atoms with Crippen LogP contribution >= 0.6 is 0 Å². The van der Waals surface area contributed by atoms with E-state index in [4.69, 9.17) is 0 Å². The predicted molar refractivity (Wildman–Crippen MR) is 138 cm³/mol. The molecule has 1 aromatic heterocycles. The summed E-state index contributed by atoms with van der Waals surface area (Å²) in [7, 11) is -1.48. The first-order valence-electron chi connectivity index (χ1n) is 11.9. The molecule has 1 aliphatic carbocycles. The fraction of sp³-hybridized carbons (Fsp3) is 0.214. The van der Waals surface area contributed by atoms with E-state index in [9.17, 15) is 13.4 Å². The van der Waals surface area contributed by atoms with Gasteiger partial charge in [-0.2, -0.15) is 0 Å². The van der Waals surface area contributed by atoms with Gasteiger partial charge in [-0.05, 0) is 72.4 Å². The van der Waals surface area contributed by atoms with Gasteiger partial charge in [0.05, 0.1) is 23.5 Å². The zero-order valence-corrected chi connectivity index (χ0v) is 20.5. The van der Waals surface area contributed by atoms with Crippen LogP contribution in [0.25, 0.3) is 0 Å². The van der Waals surface area contributed by atoms with E-state index in [-0.39, 0.29) is 17.8 Å². The van der Waals surface area contributed by atoms with Crippen LogP contribution in [0.15, 0.2) is 90.2 Å². The van der Waals surface area contributed by atoms with Gasteiger partial charge in [0.15, 0.2) is 0 Å². The monoisotopic (exact) mass is 502 g/mol. The third-order valence-corrected chi connectivity index (χ3v) is 7.65. The van der Waals surface area contributed by atoms with Crippen molar-refractivity contribution in [1.82, 2.24) is 14.7 Å². The van der Waals surface area contributed by atoms with Gasteiger partial charge in [-0.15, -0.1) is 0 Å². The number of nitrogens with one attached hydrogen (secondary N) is 2. The number of aryl methyl sites for hydroxylation is 2. The molecule has 36 heavy (non-hydrogen) atoms. The lowest BCUT2D eigenvalue weighted by molar-refractivity contribution is -0.118. The van der Waals surface area contributed by atoms with E-state index in [0.717, 1.165) is 35.3 Å². The molecule has 2 N–H and O–H groups in total. The minimum atomic E-state index is -1.48. The molecule has 184 valence electrons. The first kappa shape index (κ1) is 24.1. The Labute approximate surface area is 212 Å². The number of benzene rings is 3. The molecule has 0 fully saturated rings. The van der Waals surface area contributed by atoms with E-state index in [1.54, 1.807) is 17.4 Å². The second kappa shape index (κ2) is 11.0. The average molecular weight is 503 g/mol. The Kier molecular flexibility index (Phi) is 7.34. The number of rotatable bonds is 9. The lowest BCUT2D eigenvalue weighted by Crippen LogP contribution is -2.31. The molecule has 1 amide bonds. The normalized spacial score (nSPS) is 15.4. The van der Waals surface area contributed by atoms with Crippen molar-refractivity contribution in [2.24, 2.45) is 0 Å². The summed E-state index contributed by atoms with van der Waals surface area (Å²) in [5, 5.41) is 0. The van der Waals surface area contributed by atoms with Crippen LogP contribution in [0.4, 0.5) is 10.1 Å². The van der Waals surface area contributed by atoms with Crippen molar-refractivity contribution >= 4 is 22.6 Å². The van der Waals surface area contributed by atoms with Crippen LogP contribution in [-0.4, -0.2) is 20.1 Å². The van der Waals surface area contributed by atoms with Gasteiger partial charge in [0.2, 0.25) is 5.91 Å². The number of amides is 1. The second-order valence-electron chi connectivity index (χ2n) is 8.86. The number of hydrogen-bond acceptors (Lipinski definition) is 3. The lowest BCUT2D eigenvalue weighted by Gasteiger charge is -2.24. The predicted octanol–water partition coefficient (Wildman–Crippen LogP) is 5.01. The Morgan fingerprint density at radius 1 is 1.11 bits per heavy atom. The first-order chi connectivity index (χ1) is 17.6. The highest BCUT2D eigenvalue weighted by molar-refractivity contribution is 7.83. The van der Waals surface area contributed by atoms with Gasteiger partial charge in [0, 0.05) is 24.3 Å². The van der Waals surface area contributed by atoms with Gasteiger partial charge in [-0.3, -0.25) is 4.79 Å². The smallest absolute Gasteiger partial charge is 0.227 e. The van der Waals surface area contributed by atoms with Gasteiger partial charge in [0.25, 0.3) is 0 Å². The summed E-state index contributed by atoms with van der Waals surface area (Å²) < 4.78 is 29.3. The third-order valence-electron chi connectivity index (χ3n) is 6.45. The number of H-pyrrole nitrogens is 1. The molecule has 0 radical (unpaired) electrons. The highest BCUT2D eigenvalue weighted by Gasteiger charge is 2.26. The topological polar surface area (TPSA) is 78.1 Å². The lowest BCUT2D eigenvalue weighted by atomic mass is 10.1. The fourth-order valence-corrected chi connectivity index (χ4v) is 5.55. The number of nitrogens with zero attached hydrogens (tertiary/aromatic N) is 2. The number of anilines is 1. The van der Waals surface area contributed by atoms with E-state index in [2.05, 4.69) is 20.8 Å². The average Bonchev–Trinajstić information content (AvgIpc) is 3.57. The maximum absolute atomic E-state index is 13.4. The molecule has 5 rings (SSSR count). The standard InChI is InChI=1S/C28H27FN4O2S/c29-22-9-12-25(13-10-22)36(35)32-27-14-8-21-7-11-24(16-26(21)27)33(18-23-17-30-19-31-23)28(34)15-6-20-4-2-1-3-5-20/h1-5,7,9-13,16-17,19,27,32H,6,8,14-15,18H2,(H,30,31). The van der Waals surface area contributed by atoms with Gasteiger partial charge in [-0.25, -0.2) is 18.3 Å². The highest BCUT2D eigenvalue weighted by Crippen LogP contribution is 2.35. The Morgan fingerprint density at radius 2 is 1.92 bits per heavy atom. The van der Waals surface area contributed by atoms with Crippen LogP contribution in [0.3, 0.4) is 0 Å². The molecule has 0 bridgehead atoms. The molecule has 8 heteroatoms. The number of fused-ring (bicyclic) bond motifs is 1. The largest absolute Gasteiger partial charge is 0.347 e. The minimum Gasteiger partial charge on any atom is -0.347 e. The SMILES string of the molecule is O=C(CCc1ccccc1)N(Cc1cnc[nH]1)c1ccc2c(c1)C(NS(=O)c1ccc(F)cc1)CC2. The number of aromatic nitrogens is 2. The zero-order chi connectivity index (χ0) is 24.9. The summed E-state index contributed by atoms with van der Waals surface area (Å²) in [4.78, 5) is 22.9. The number of hydrogen-bond donors (Lipinski definition) is 2. The third kappa shape index (κ3) is 5.61. The van der Waals surface area contributed by atoms with E-state index in [0.29, 0.717) is 24.3 Å². The molecule has 1 aliphatic rings. The van der Waals surface area contributed by atoms with Crippen LogP contribution in [0.5, 0.6) is 0 Å². The number of aromatic amines is 1. The Morgan fingerprint density at radius 3 is 2.67 bits per heavy atom. The molecule has 1 heterocycles. The number of carbonyl (C=O) groups excluding carboxylic acids is 1. The fourth-order valence-electron chi connectivity index (χ4n) is 4.53. The van der Waals surface area contributed by atoms with E-state index in [1.165, 1.54) is 29.8 Å². The maximum Gasteiger partial charge on any atom is 0.227 e. The van der Waals surface area contributed by atoms with E-state index in [1.807, 2.05) is 42.5 Å². The summed E-state index contributed by atoms with van der Waals surface area (Å²) in [5.41, 5.74) is 4.96. The van der Waals surface area contributed by atoms with Crippen LogP contribution in [-0.2, 0) is 35.2 Å². The summed E-state index contributed by atoms with van der Waals surface area (Å²) in [6.45, 7) is 0.381. The summed E-state index contributed by atoms with van der Waals surface area (Å²) in [5.74, 6) is -0.341. The van der Waals surface area contributed by atoms with Gasteiger partial charge in [0.1, 0.15) is 16.8 Å². The molecule has 0 aliphatic heterocycles. The molecule has 6 nitrogen and oxygen atoms in total. The van der Waals surface area contributed by atoms with Crippen molar-refractivity contribution in [2.75, 3.05) is 4.90 Å². The van der Waals surface area contributed by atoms with Gasteiger partial charge >= 0.3 is 0 Å². The van der Waals surface area contributed by atoms with Gasteiger partial charge < -0.3 is 9.88 Å². The van der Waals surface area contributed by atoms with Crippen molar-refractivity contribution in [2.45, 2.75) is 43.2 Å². The van der Waals surface area contributed by atoms with Crippen molar-refractivity contribution in [3.63, 3.8) is 0 Å². The maximum atomic E-state index is 13.4. The summed E-state index contributed by atoms with van der Waals surface area (Å²) in [6.07, 6.45) is 6.03. The molecule has 0 saturated heterocycles. The number of carbonyl (C=O) groups is 1. The molecule has 4 aromatic rings. The van der Waals surface area contributed by atoms with Crippen LogP contribution in [0.2, 0.25) is 0 Å². The summed E-state index contributed by atoms with van der Waals surface area (Å²) in [6, 6.07) is 21.6. The van der Waals surface area contributed by atoms with Crippen molar-refractivity contribution in [1.29, 1.82) is 0 Å². The first-order valence-corrected chi connectivity index (χ1v) is 13.1. The van der Waals surface area contributed by atoms with Gasteiger partial charge in [-0.1, -0.05) is 36.4 Å². The number of imidazole rings is 1. The quantitative estimate of drug-likeness (QED) is 0.338. The minimum absolute atomic E-state index is 0.0193. The summed E-state index contributed by atoms with van der Waals surface area (Å²) >= 11 is 0. The highest BCUT2D eigenvalue weighted by atomic mass is 32.2. The second-order valence-corrected chi connectivity index (χ2v) is 10.1. The van der Waals surface area contributed by atoms with Crippen LogP contribution < -0.4 is 9.62 Å². The van der Waals surface area contributed by atoms with Crippen molar-refractivity contribution in [3.05, 3.63) is 114 Å². The van der Waals surface area contributed by atoms with Crippen LogP contribution in [0, 0.1) is 5.82 Å². The molecule has 0 spiro atoms. The Bertz CT molecular complexity index is 1340. The molecule has 2 atom stereocenters. The van der Waals surface area contributed by atoms with Crippen molar-refractivity contribution < 1.29 is 13.4 Å². The molecule has 0 saturated carbocycles. The molecular weight excluding hydrogens is 475 g/mol. The zero-order valence-electron chi connectivity index (χ0n) is 19.7.